The van der Waals surface area contributed by atoms with Crippen LogP contribution in [0.2, 0.25) is 0 Å². The number of alkyl halides is 3. The first-order valence-corrected chi connectivity index (χ1v) is 6.64. The summed E-state index contributed by atoms with van der Waals surface area (Å²) in [6.45, 7) is 1.21. The van der Waals surface area contributed by atoms with Crippen molar-refractivity contribution in [2.75, 3.05) is 18.0 Å². The SMILES string of the molecule is FC(F)(F)c1nc2ccccc2nc1N1CCCCC1. The highest BCUT2D eigenvalue weighted by atomic mass is 19.4. The largest absolute Gasteiger partial charge is 0.437 e. The molecule has 2 heterocycles. The lowest BCUT2D eigenvalue weighted by Crippen LogP contribution is -2.32. The molecule has 0 spiro atoms. The zero-order valence-corrected chi connectivity index (χ0v) is 10.8. The summed E-state index contributed by atoms with van der Waals surface area (Å²) >= 11 is 0. The van der Waals surface area contributed by atoms with Crippen LogP contribution < -0.4 is 4.90 Å². The van der Waals surface area contributed by atoms with Crippen LogP contribution in [0.15, 0.2) is 24.3 Å². The molecule has 0 atom stereocenters. The van der Waals surface area contributed by atoms with E-state index in [2.05, 4.69) is 9.97 Å². The average Bonchev–Trinajstić information content (AvgIpc) is 2.46. The van der Waals surface area contributed by atoms with Gasteiger partial charge in [0.25, 0.3) is 0 Å². The van der Waals surface area contributed by atoms with E-state index in [4.69, 9.17) is 0 Å². The van der Waals surface area contributed by atoms with Gasteiger partial charge in [0.05, 0.1) is 11.0 Å². The van der Waals surface area contributed by atoms with Crippen molar-refractivity contribution in [1.82, 2.24) is 9.97 Å². The van der Waals surface area contributed by atoms with E-state index in [0.717, 1.165) is 19.3 Å². The van der Waals surface area contributed by atoms with Crippen LogP contribution in [0.1, 0.15) is 25.0 Å². The lowest BCUT2D eigenvalue weighted by atomic mass is 10.1. The second kappa shape index (κ2) is 4.92. The third-order valence-corrected chi connectivity index (χ3v) is 3.48. The van der Waals surface area contributed by atoms with Gasteiger partial charge in [-0.15, -0.1) is 0 Å². The standard InChI is InChI=1S/C14H14F3N3/c15-14(16,17)12-13(20-8-4-1-5-9-20)19-11-7-3-2-6-10(11)18-12/h2-3,6-7H,1,4-5,8-9H2. The minimum absolute atomic E-state index is 0.0316. The second-order valence-electron chi connectivity index (χ2n) is 4.93. The molecule has 0 saturated carbocycles. The van der Waals surface area contributed by atoms with Gasteiger partial charge in [-0.1, -0.05) is 12.1 Å². The molecule has 1 aromatic carbocycles. The van der Waals surface area contributed by atoms with Crippen molar-refractivity contribution in [3.05, 3.63) is 30.0 Å². The van der Waals surface area contributed by atoms with Gasteiger partial charge in [0, 0.05) is 13.1 Å². The van der Waals surface area contributed by atoms with E-state index in [0.29, 0.717) is 18.6 Å². The monoisotopic (exact) mass is 281 g/mol. The summed E-state index contributed by atoms with van der Waals surface area (Å²) < 4.78 is 39.6. The van der Waals surface area contributed by atoms with Crippen LogP contribution in [0.4, 0.5) is 19.0 Å². The van der Waals surface area contributed by atoms with Gasteiger partial charge in [-0.2, -0.15) is 13.2 Å². The average molecular weight is 281 g/mol. The van der Waals surface area contributed by atoms with Gasteiger partial charge < -0.3 is 4.90 Å². The molecule has 1 saturated heterocycles. The zero-order chi connectivity index (χ0) is 14.2. The molecule has 106 valence electrons. The Morgan fingerprint density at radius 2 is 1.50 bits per heavy atom. The molecule has 0 aliphatic carbocycles. The van der Waals surface area contributed by atoms with Crippen molar-refractivity contribution in [2.24, 2.45) is 0 Å². The van der Waals surface area contributed by atoms with E-state index in [1.807, 2.05) is 0 Å². The number of piperidine rings is 1. The summed E-state index contributed by atoms with van der Waals surface area (Å²) in [4.78, 5) is 9.70. The van der Waals surface area contributed by atoms with Gasteiger partial charge in [-0.05, 0) is 31.4 Å². The van der Waals surface area contributed by atoms with Gasteiger partial charge in [0.1, 0.15) is 0 Å². The molecule has 0 radical (unpaired) electrons. The van der Waals surface area contributed by atoms with E-state index in [9.17, 15) is 13.2 Å². The molecule has 6 heteroatoms. The number of fused-ring (bicyclic) bond motifs is 1. The minimum Gasteiger partial charge on any atom is -0.355 e. The van der Waals surface area contributed by atoms with Crippen molar-refractivity contribution in [3.8, 4) is 0 Å². The number of nitrogens with zero attached hydrogens (tertiary/aromatic N) is 3. The highest BCUT2D eigenvalue weighted by Crippen LogP contribution is 2.36. The highest BCUT2D eigenvalue weighted by Gasteiger charge is 2.38. The summed E-state index contributed by atoms with van der Waals surface area (Å²) in [5.74, 6) is -0.0316. The third-order valence-electron chi connectivity index (χ3n) is 3.48. The maximum atomic E-state index is 13.2. The van der Waals surface area contributed by atoms with E-state index in [-0.39, 0.29) is 11.3 Å². The van der Waals surface area contributed by atoms with Crippen molar-refractivity contribution in [2.45, 2.75) is 25.4 Å². The first-order chi connectivity index (χ1) is 9.55. The number of para-hydroxylation sites is 2. The Labute approximate surface area is 114 Å². The molecule has 1 aliphatic rings. The smallest absolute Gasteiger partial charge is 0.355 e. The Hall–Kier alpha value is -1.85. The number of hydrogen-bond acceptors (Lipinski definition) is 3. The zero-order valence-electron chi connectivity index (χ0n) is 10.8. The number of hydrogen-bond donors (Lipinski definition) is 0. The molecule has 1 aromatic heterocycles. The van der Waals surface area contributed by atoms with Crippen LogP contribution in [-0.4, -0.2) is 23.1 Å². The van der Waals surface area contributed by atoms with Crippen LogP contribution >= 0.6 is 0 Å². The van der Waals surface area contributed by atoms with Crippen molar-refractivity contribution >= 4 is 16.9 Å². The van der Waals surface area contributed by atoms with Crippen molar-refractivity contribution in [1.29, 1.82) is 0 Å². The maximum Gasteiger partial charge on any atom is 0.437 e. The van der Waals surface area contributed by atoms with E-state index in [1.54, 1.807) is 29.2 Å². The van der Waals surface area contributed by atoms with Crippen LogP contribution in [-0.2, 0) is 6.18 Å². The fourth-order valence-electron chi connectivity index (χ4n) is 2.51. The Kier molecular flexibility index (Phi) is 3.23. The summed E-state index contributed by atoms with van der Waals surface area (Å²) in [5.41, 5.74) is -0.0974. The topological polar surface area (TPSA) is 29.0 Å². The molecule has 0 bridgehead atoms. The number of aromatic nitrogens is 2. The number of halogens is 3. The molecule has 0 unspecified atom stereocenters. The Morgan fingerprint density at radius 3 is 2.10 bits per heavy atom. The predicted octanol–water partition coefficient (Wildman–Crippen LogP) is 3.64. The quantitative estimate of drug-likeness (QED) is 0.799. The molecular formula is C14H14F3N3. The van der Waals surface area contributed by atoms with E-state index < -0.39 is 11.9 Å². The van der Waals surface area contributed by atoms with Crippen LogP contribution in [0.3, 0.4) is 0 Å². The number of benzene rings is 1. The lowest BCUT2D eigenvalue weighted by molar-refractivity contribution is -0.140. The first kappa shape index (κ1) is 13.1. The van der Waals surface area contributed by atoms with E-state index >= 15 is 0 Å². The molecule has 3 rings (SSSR count). The summed E-state index contributed by atoms with van der Waals surface area (Å²) in [6, 6.07) is 6.66. The van der Waals surface area contributed by atoms with Gasteiger partial charge in [-0.25, -0.2) is 9.97 Å². The fraction of sp³-hybridized carbons (Fsp3) is 0.429. The normalized spacial score (nSPS) is 16.6. The Bertz CT molecular complexity index is 619. The Morgan fingerprint density at radius 1 is 0.900 bits per heavy atom. The first-order valence-electron chi connectivity index (χ1n) is 6.64. The molecule has 0 amide bonds. The van der Waals surface area contributed by atoms with Gasteiger partial charge in [0.2, 0.25) is 0 Å². The van der Waals surface area contributed by atoms with Gasteiger partial charge in [0.15, 0.2) is 11.5 Å². The molecule has 20 heavy (non-hydrogen) atoms. The van der Waals surface area contributed by atoms with Crippen LogP contribution in [0, 0.1) is 0 Å². The lowest BCUT2D eigenvalue weighted by Gasteiger charge is -2.29. The predicted molar refractivity (Wildman–Crippen MR) is 70.6 cm³/mol. The van der Waals surface area contributed by atoms with Crippen molar-refractivity contribution < 1.29 is 13.2 Å². The number of anilines is 1. The molecular weight excluding hydrogens is 267 g/mol. The van der Waals surface area contributed by atoms with Crippen LogP contribution in [0.25, 0.3) is 11.0 Å². The highest BCUT2D eigenvalue weighted by molar-refractivity contribution is 5.76. The second-order valence-corrected chi connectivity index (χ2v) is 4.93. The minimum atomic E-state index is -4.48. The molecule has 0 N–H and O–H groups in total. The third kappa shape index (κ3) is 2.42. The molecule has 1 fully saturated rings. The molecule has 1 aliphatic heterocycles. The number of rotatable bonds is 1. The van der Waals surface area contributed by atoms with Gasteiger partial charge in [-0.3, -0.25) is 0 Å². The summed E-state index contributed by atoms with van der Waals surface area (Å²) in [5, 5.41) is 0. The van der Waals surface area contributed by atoms with E-state index in [1.165, 1.54) is 0 Å². The van der Waals surface area contributed by atoms with Crippen LogP contribution in [0.5, 0.6) is 0 Å². The molecule has 3 nitrogen and oxygen atoms in total. The van der Waals surface area contributed by atoms with Crippen molar-refractivity contribution in [3.63, 3.8) is 0 Å². The molecule has 2 aromatic rings. The fourth-order valence-corrected chi connectivity index (χ4v) is 2.51. The Balaban J connectivity index is 2.16. The maximum absolute atomic E-state index is 13.2. The summed E-state index contributed by atoms with van der Waals surface area (Å²) in [7, 11) is 0. The van der Waals surface area contributed by atoms with Gasteiger partial charge >= 0.3 is 6.18 Å². The summed E-state index contributed by atoms with van der Waals surface area (Å²) in [6.07, 6.45) is -1.64.